The molecule has 2 aromatic rings. The molecule has 0 radical (unpaired) electrons. The number of carbonyl (C=O) groups is 1. The summed E-state index contributed by atoms with van der Waals surface area (Å²) in [6.07, 6.45) is 7.65. The molecule has 0 atom stereocenters. The minimum absolute atomic E-state index is 0.187. The Morgan fingerprint density at radius 1 is 1.03 bits per heavy atom. The van der Waals surface area contributed by atoms with Crippen molar-refractivity contribution < 1.29 is 4.79 Å². The number of hydrogen-bond acceptors (Lipinski definition) is 3. The molecule has 2 fully saturated rings. The predicted octanol–water partition coefficient (Wildman–Crippen LogP) is 5.27. The second-order valence-corrected chi connectivity index (χ2v) is 9.17. The van der Waals surface area contributed by atoms with Crippen LogP contribution in [-0.2, 0) is 6.42 Å². The van der Waals surface area contributed by atoms with E-state index in [9.17, 15) is 4.79 Å². The number of nitrogens with zero attached hydrogens (tertiary/aromatic N) is 3. The lowest BCUT2D eigenvalue weighted by Crippen LogP contribution is -2.55. The molecule has 1 aliphatic heterocycles. The van der Waals surface area contributed by atoms with E-state index >= 15 is 0 Å². The Hall–Kier alpha value is -2.37. The molecular weight excluding hydrogens is 420 g/mol. The monoisotopic (exact) mass is 452 g/mol. The van der Waals surface area contributed by atoms with Gasteiger partial charge in [-0.25, -0.2) is 4.99 Å². The number of nitrogens with one attached hydrogen (secondary N) is 1. The van der Waals surface area contributed by atoms with E-state index in [0.717, 1.165) is 38.3 Å². The molecule has 6 heteroatoms. The molecule has 2 aromatic carbocycles. The van der Waals surface area contributed by atoms with Crippen molar-refractivity contribution in [1.29, 1.82) is 0 Å². The van der Waals surface area contributed by atoms with Gasteiger partial charge in [-0.05, 0) is 55.2 Å². The van der Waals surface area contributed by atoms with Crippen LogP contribution in [0.2, 0.25) is 5.02 Å². The smallest absolute Gasteiger partial charge is 0.258 e. The van der Waals surface area contributed by atoms with Crippen LogP contribution in [0.1, 0.15) is 54.9 Å². The number of benzene rings is 2. The molecule has 1 saturated heterocycles. The van der Waals surface area contributed by atoms with Crippen molar-refractivity contribution in [3.8, 4) is 0 Å². The molecule has 170 valence electrons. The first-order valence-electron chi connectivity index (χ1n) is 11.9. The van der Waals surface area contributed by atoms with Crippen LogP contribution in [-0.4, -0.2) is 53.9 Å². The first-order valence-corrected chi connectivity index (χ1v) is 12.2. The first kappa shape index (κ1) is 22.8. The molecule has 1 N–H and O–H groups in total. The number of guanidine groups is 1. The average Bonchev–Trinajstić information content (AvgIpc) is 2.84. The summed E-state index contributed by atoms with van der Waals surface area (Å²) in [4.78, 5) is 22.7. The van der Waals surface area contributed by atoms with Crippen LogP contribution < -0.4 is 5.32 Å². The number of halogens is 1. The lowest BCUT2D eigenvalue weighted by atomic mass is 9.94. The fourth-order valence-corrected chi connectivity index (χ4v) is 4.88. The number of amides is 1. The zero-order valence-corrected chi connectivity index (χ0v) is 19.7. The second-order valence-electron chi connectivity index (χ2n) is 8.74. The number of aliphatic imine (C=N–C) groups is 1. The fourth-order valence-electron chi connectivity index (χ4n) is 4.69. The molecule has 1 amide bonds. The molecule has 1 heterocycles. The van der Waals surface area contributed by atoms with Crippen molar-refractivity contribution in [1.82, 2.24) is 15.1 Å². The van der Waals surface area contributed by atoms with Gasteiger partial charge >= 0.3 is 0 Å². The van der Waals surface area contributed by atoms with Crippen LogP contribution in [0.3, 0.4) is 0 Å². The van der Waals surface area contributed by atoms with Gasteiger partial charge in [-0.2, -0.15) is 0 Å². The summed E-state index contributed by atoms with van der Waals surface area (Å²) in [6.45, 7) is 5.86. The van der Waals surface area contributed by atoms with Gasteiger partial charge in [-0.1, -0.05) is 56.0 Å². The van der Waals surface area contributed by atoms with E-state index in [4.69, 9.17) is 16.6 Å². The largest absolute Gasteiger partial charge is 0.340 e. The van der Waals surface area contributed by atoms with Crippen LogP contribution in [0.5, 0.6) is 0 Å². The zero-order chi connectivity index (χ0) is 22.3. The molecule has 5 nitrogen and oxygen atoms in total. The minimum atomic E-state index is -0.187. The molecule has 0 spiro atoms. The Kier molecular flexibility index (Phi) is 7.82. The van der Waals surface area contributed by atoms with Crippen LogP contribution in [0, 0.1) is 0 Å². The van der Waals surface area contributed by atoms with E-state index < -0.39 is 0 Å². The number of rotatable bonds is 4. The molecule has 1 aliphatic carbocycles. The SMILES string of the molecule is CCc1cccc(N=C(NC(=O)c2cccc(Cl)c2)N2CCN(C3CCCCC3)CC2)c1. The van der Waals surface area contributed by atoms with E-state index in [1.54, 1.807) is 24.3 Å². The third-order valence-corrected chi connectivity index (χ3v) is 6.81. The normalized spacial score (nSPS) is 18.6. The highest BCUT2D eigenvalue weighted by molar-refractivity contribution is 6.31. The molecule has 0 aromatic heterocycles. The number of piperazine rings is 1. The minimum Gasteiger partial charge on any atom is -0.340 e. The third-order valence-electron chi connectivity index (χ3n) is 6.57. The van der Waals surface area contributed by atoms with Crippen molar-refractivity contribution in [2.24, 2.45) is 4.99 Å². The Balaban J connectivity index is 1.52. The van der Waals surface area contributed by atoms with Crippen molar-refractivity contribution >= 4 is 29.2 Å². The summed E-state index contributed by atoms with van der Waals surface area (Å²) in [7, 11) is 0. The van der Waals surface area contributed by atoms with E-state index in [-0.39, 0.29) is 5.91 Å². The lowest BCUT2D eigenvalue weighted by molar-refractivity contribution is 0.0943. The van der Waals surface area contributed by atoms with Gasteiger partial charge in [0, 0.05) is 42.8 Å². The third kappa shape index (κ3) is 5.90. The average molecular weight is 453 g/mol. The van der Waals surface area contributed by atoms with Gasteiger partial charge in [0.15, 0.2) is 0 Å². The van der Waals surface area contributed by atoms with E-state index in [1.165, 1.54) is 37.7 Å². The summed E-state index contributed by atoms with van der Waals surface area (Å²) in [5.74, 6) is 0.430. The maximum atomic E-state index is 13.0. The van der Waals surface area contributed by atoms with Gasteiger partial charge in [-0.15, -0.1) is 0 Å². The first-order chi connectivity index (χ1) is 15.6. The second kappa shape index (κ2) is 11.0. The maximum Gasteiger partial charge on any atom is 0.258 e. The Morgan fingerprint density at radius 2 is 1.78 bits per heavy atom. The molecule has 4 rings (SSSR count). The molecule has 32 heavy (non-hydrogen) atoms. The number of aryl methyl sites for hydroxylation is 1. The Morgan fingerprint density at radius 3 is 2.50 bits per heavy atom. The highest BCUT2D eigenvalue weighted by Crippen LogP contribution is 2.24. The van der Waals surface area contributed by atoms with Crippen molar-refractivity contribution in [3.63, 3.8) is 0 Å². The molecule has 0 unspecified atom stereocenters. The van der Waals surface area contributed by atoms with Crippen LogP contribution in [0.15, 0.2) is 53.5 Å². The van der Waals surface area contributed by atoms with Gasteiger partial charge in [0.25, 0.3) is 5.91 Å². The highest BCUT2D eigenvalue weighted by atomic mass is 35.5. The predicted molar refractivity (Wildman–Crippen MR) is 132 cm³/mol. The van der Waals surface area contributed by atoms with E-state index in [2.05, 4.69) is 34.2 Å². The molecule has 1 saturated carbocycles. The number of hydrogen-bond donors (Lipinski definition) is 1. The number of carbonyl (C=O) groups excluding carboxylic acids is 1. The van der Waals surface area contributed by atoms with Gasteiger partial charge in [0.05, 0.1) is 5.69 Å². The Labute approximate surface area is 196 Å². The van der Waals surface area contributed by atoms with Crippen LogP contribution >= 0.6 is 11.6 Å². The maximum absolute atomic E-state index is 13.0. The quantitative estimate of drug-likeness (QED) is 0.507. The summed E-state index contributed by atoms with van der Waals surface area (Å²) in [5.41, 5.74) is 2.63. The van der Waals surface area contributed by atoms with Crippen molar-refractivity contribution in [3.05, 3.63) is 64.7 Å². The highest BCUT2D eigenvalue weighted by Gasteiger charge is 2.27. The summed E-state index contributed by atoms with van der Waals surface area (Å²) in [5, 5.41) is 3.62. The molecule has 0 bridgehead atoms. The van der Waals surface area contributed by atoms with E-state index in [0.29, 0.717) is 22.6 Å². The van der Waals surface area contributed by atoms with Crippen molar-refractivity contribution in [2.75, 3.05) is 26.2 Å². The molecular formula is C26H33ClN4O. The zero-order valence-electron chi connectivity index (χ0n) is 18.9. The standard InChI is InChI=1S/C26H33ClN4O/c1-2-20-8-6-11-23(18-20)28-26(29-25(32)21-9-7-10-22(27)19-21)31-16-14-30(15-17-31)24-12-4-3-5-13-24/h6-11,18-19,24H,2-5,12-17H2,1H3,(H,28,29,32). The summed E-state index contributed by atoms with van der Waals surface area (Å²) in [6, 6.07) is 15.9. The fraction of sp³-hybridized carbons (Fsp3) is 0.462. The van der Waals surface area contributed by atoms with Gasteiger partial charge in [0.1, 0.15) is 0 Å². The van der Waals surface area contributed by atoms with Crippen LogP contribution in [0.25, 0.3) is 0 Å². The van der Waals surface area contributed by atoms with E-state index in [1.807, 2.05) is 12.1 Å². The van der Waals surface area contributed by atoms with Crippen LogP contribution in [0.4, 0.5) is 5.69 Å². The van der Waals surface area contributed by atoms with Crippen molar-refractivity contribution in [2.45, 2.75) is 51.5 Å². The Bertz CT molecular complexity index is 946. The topological polar surface area (TPSA) is 47.9 Å². The summed E-state index contributed by atoms with van der Waals surface area (Å²) < 4.78 is 0. The van der Waals surface area contributed by atoms with Gasteiger partial charge < -0.3 is 4.90 Å². The summed E-state index contributed by atoms with van der Waals surface area (Å²) >= 11 is 6.10. The molecule has 2 aliphatic rings. The van der Waals surface area contributed by atoms with Gasteiger partial charge in [0.2, 0.25) is 5.96 Å². The lowest BCUT2D eigenvalue weighted by Gasteiger charge is -2.41. The van der Waals surface area contributed by atoms with Gasteiger partial charge in [-0.3, -0.25) is 15.0 Å².